The third kappa shape index (κ3) is 4.38. The van der Waals surface area contributed by atoms with Crippen molar-refractivity contribution in [3.63, 3.8) is 0 Å². The summed E-state index contributed by atoms with van der Waals surface area (Å²) < 4.78 is 11.3. The van der Waals surface area contributed by atoms with E-state index in [4.69, 9.17) is 9.47 Å². The third-order valence-electron chi connectivity index (χ3n) is 4.60. The van der Waals surface area contributed by atoms with E-state index in [2.05, 4.69) is 10.9 Å². The Morgan fingerprint density at radius 3 is 2.45 bits per heavy atom. The molecule has 0 saturated carbocycles. The molecule has 0 unspecified atom stereocenters. The summed E-state index contributed by atoms with van der Waals surface area (Å²) in [5.74, 6) is 0.422. The summed E-state index contributed by atoms with van der Waals surface area (Å²) in [4.78, 5) is 24.4. The van der Waals surface area contributed by atoms with Crippen molar-refractivity contribution in [1.82, 2.24) is 10.9 Å². The maximum atomic E-state index is 12.2. The molecule has 1 heterocycles. The monoisotopic (exact) mass is 388 g/mol. The van der Waals surface area contributed by atoms with Crippen LogP contribution < -0.4 is 20.3 Å². The average molecular weight is 388 g/mol. The molecule has 0 radical (unpaired) electrons. The van der Waals surface area contributed by atoms with Crippen LogP contribution in [-0.2, 0) is 16.0 Å². The number of para-hydroxylation sites is 2. The number of benzene rings is 3. The molecule has 0 aliphatic carbocycles. The second-order valence-corrected chi connectivity index (χ2v) is 6.61. The molecule has 2 N–H and O–H groups in total. The van der Waals surface area contributed by atoms with Crippen LogP contribution in [0.4, 0.5) is 0 Å². The minimum Gasteiger partial charge on any atom is -0.483 e. The molecule has 4 rings (SSSR count). The molecule has 1 aliphatic heterocycles. The number of hydrogen-bond acceptors (Lipinski definition) is 4. The van der Waals surface area contributed by atoms with Crippen molar-refractivity contribution >= 4 is 11.8 Å². The number of carbonyl (C=O) groups excluding carboxylic acids is 2. The Morgan fingerprint density at radius 1 is 0.897 bits per heavy atom. The summed E-state index contributed by atoms with van der Waals surface area (Å²) in [5, 5.41) is 0. The van der Waals surface area contributed by atoms with E-state index in [1.165, 1.54) is 0 Å². The molecule has 29 heavy (non-hydrogen) atoms. The third-order valence-corrected chi connectivity index (χ3v) is 4.60. The number of carbonyl (C=O) groups is 2. The van der Waals surface area contributed by atoms with E-state index >= 15 is 0 Å². The highest BCUT2D eigenvalue weighted by Gasteiger charge is 2.28. The van der Waals surface area contributed by atoms with Crippen molar-refractivity contribution in [2.75, 3.05) is 6.61 Å². The molecule has 6 heteroatoms. The van der Waals surface area contributed by atoms with E-state index in [1.54, 1.807) is 6.07 Å². The number of hydrazine groups is 1. The fraction of sp³-hybridized carbons (Fsp3) is 0.130. The SMILES string of the molecule is O=C(COc1ccccc1-c1ccccc1)NNC(=O)[C@H]1Cc2ccccc2O1. The highest BCUT2D eigenvalue weighted by Crippen LogP contribution is 2.29. The van der Waals surface area contributed by atoms with Crippen LogP contribution in [-0.4, -0.2) is 24.5 Å². The van der Waals surface area contributed by atoms with Crippen LogP contribution in [0.5, 0.6) is 11.5 Å². The zero-order valence-electron chi connectivity index (χ0n) is 15.6. The van der Waals surface area contributed by atoms with Gasteiger partial charge in [-0.25, -0.2) is 0 Å². The number of hydrogen-bond donors (Lipinski definition) is 2. The number of fused-ring (bicyclic) bond motifs is 1. The lowest BCUT2D eigenvalue weighted by Crippen LogP contribution is -2.49. The number of rotatable bonds is 5. The lowest BCUT2D eigenvalue weighted by molar-refractivity contribution is -0.133. The summed E-state index contributed by atoms with van der Waals surface area (Å²) in [5.41, 5.74) is 7.63. The zero-order valence-corrected chi connectivity index (χ0v) is 15.6. The van der Waals surface area contributed by atoms with Crippen molar-refractivity contribution < 1.29 is 19.1 Å². The van der Waals surface area contributed by atoms with Crippen LogP contribution in [0.15, 0.2) is 78.9 Å². The van der Waals surface area contributed by atoms with E-state index in [0.717, 1.165) is 16.7 Å². The van der Waals surface area contributed by atoms with Gasteiger partial charge in [0.25, 0.3) is 11.8 Å². The molecule has 0 spiro atoms. The first-order valence-corrected chi connectivity index (χ1v) is 9.31. The highest BCUT2D eigenvalue weighted by molar-refractivity contribution is 5.86. The molecule has 146 valence electrons. The largest absolute Gasteiger partial charge is 0.483 e. The van der Waals surface area contributed by atoms with Crippen LogP contribution in [0.1, 0.15) is 5.56 Å². The minimum atomic E-state index is -0.660. The van der Waals surface area contributed by atoms with E-state index in [-0.39, 0.29) is 6.61 Å². The highest BCUT2D eigenvalue weighted by atomic mass is 16.5. The number of amides is 2. The molecule has 1 atom stereocenters. The summed E-state index contributed by atoms with van der Waals surface area (Å²) in [6, 6.07) is 24.7. The van der Waals surface area contributed by atoms with Gasteiger partial charge in [0.05, 0.1) is 0 Å². The van der Waals surface area contributed by atoms with Crippen LogP contribution in [0.25, 0.3) is 11.1 Å². The molecule has 1 aliphatic rings. The van der Waals surface area contributed by atoms with Gasteiger partial charge in [0, 0.05) is 12.0 Å². The van der Waals surface area contributed by atoms with E-state index in [0.29, 0.717) is 17.9 Å². The number of nitrogens with one attached hydrogen (secondary N) is 2. The van der Waals surface area contributed by atoms with E-state index < -0.39 is 17.9 Å². The Labute approximate surface area is 168 Å². The summed E-state index contributed by atoms with van der Waals surface area (Å²) >= 11 is 0. The lowest BCUT2D eigenvalue weighted by Gasteiger charge is -2.14. The normalized spacial score (nSPS) is 14.4. The summed E-state index contributed by atoms with van der Waals surface area (Å²) in [6.45, 7) is -0.226. The second kappa shape index (κ2) is 8.48. The zero-order chi connectivity index (χ0) is 20.1. The molecule has 0 aromatic heterocycles. The maximum absolute atomic E-state index is 12.2. The molecular weight excluding hydrogens is 368 g/mol. The van der Waals surface area contributed by atoms with Crippen molar-refractivity contribution in [2.24, 2.45) is 0 Å². The molecule has 0 saturated heterocycles. The van der Waals surface area contributed by atoms with E-state index in [9.17, 15) is 9.59 Å². The Hall–Kier alpha value is -3.80. The Kier molecular flexibility index (Phi) is 5.42. The predicted molar refractivity (Wildman–Crippen MR) is 108 cm³/mol. The summed E-state index contributed by atoms with van der Waals surface area (Å²) in [7, 11) is 0. The Bertz CT molecular complexity index is 995. The molecule has 2 amide bonds. The van der Waals surface area contributed by atoms with Crippen molar-refractivity contribution in [3.05, 3.63) is 84.4 Å². The molecular formula is C23H20N2O4. The first kappa shape index (κ1) is 18.6. The molecule has 0 fully saturated rings. The van der Waals surface area contributed by atoms with Gasteiger partial charge in [-0.05, 0) is 23.3 Å². The Morgan fingerprint density at radius 2 is 1.62 bits per heavy atom. The molecule has 6 nitrogen and oxygen atoms in total. The second-order valence-electron chi connectivity index (χ2n) is 6.61. The van der Waals surface area contributed by atoms with E-state index in [1.807, 2.05) is 72.8 Å². The first-order valence-electron chi connectivity index (χ1n) is 9.31. The Balaban J connectivity index is 1.29. The predicted octanol–water partition coefficient (Wildman–Crippen LogP) is 2.88. The van der Waals surface area contributed by atoms with Gasteiger partial charge in [-0.1, -0.05) is 66.7 Å². The number of ether oxygens (including phenoxy) is 2. The minimum absolute atomic E-state index is 0.226. The van der Waals surface area contributed by atoms with Crippen LogP contribution >= 0.6 is 0 Å². The van der Waals surface area contributed by atoms with Crippen molar-refractivity contribution in [1.29, 1.82) is 0 Å². The molecule has 3 aromatic rings. The van der Waals surface area contributed by atoms with Crippen LogP contribution in [0, 0.1) is 0 Å². The van der Waals surface area contributed by atoms with Crippen LogP contribution in [0.3, 0.4) is 0 Å². The maximum Gasteiger partial charge on any atom is 0.279 e. The fourth-order valence-electron chi connectivity index (χ4n) is 3.17. The van der Waals surface area contributed by atoms with Crippen LogP contribution in [0.2, 0.25) is 0 Å². The van der Waals surface area contributed by atoms with Gasteiger partial charge in [-0.15, -0.1) is 0 Å². The quantitative estimate of drug-likeness (QED) is 0.659. The smallest absolute Gasteiger partial charge is 0.279 e. The standard InChI is InChI=1S/C23H20N2O4/c26-22(24-25-23(27)21-14-17-10-4-6-12-19(17)29-21)15-28-20-13-7-5-11-18(20)16-8-2-1-3-9-16/h1-13,21H,14-15H2,(H,24,26)(H,25,27)/t21-/m1/s1. The van der Waals surface area contributed by atoms with Crippen molar-refractivity contribution in [2.45, 2.75) is 12.5 Å². The molecule has 3 aromatic carbocycles. The van der Waals surface area contributed by atoms with Gasteiger partial charge in [-0.3, -0.25) is 20.4 Å². The average Bonchev–Trinajstić information content (AvgIpc) is 3.21. The van der Waals surface area contributed by atoms with Gasteiger partial charge in [-0.2, -0.15) is 0 Å². The lowest BCUT2D eigenvalue weighted by atomic mass is 10.1. The molecule has 0 bridgehead atoms. The summed E-state index contributed by atoms with van der Waals surface area (Å²) in [6.07, 6.45) is -0.189. The fourth-order valence-corrected chi connectivity index (χ4v) is 3.17. The topological polar surface area (TPSA) is 76.7 Å². The van der Waals surface area contributed by atoms with Gasteiger partial charge in [0.1, 0.15) is 11.5 Å². The van der Waals surface area contributed by atoms with Crippen molar-refractivity contribution in [3.8, 4) is 22.6 Å². The van der Waals surface area contributed by atoms with Gasteiger partial charge < -0.3 is 9.47 Å². The van der Waals surface area contributed by atoms with Gasteiger partial charge >= 0.3 is 0 Å². The first-order chi connectivity index (χ1) is 14.2. The van der Waals surface area contributed by atoms with Gasteiger partial charge in [0.15, 0.2) is 12.7 Å². The van der Waals surface area contributed by atoms with Gasteiger partial charge in [0.2, 0.25) is 0 Å².